The summed E-state index contributed by atoms with van der Waals surface area (Å²) in [7, 11) is 1.65. The van der Waals surface area contributed by atoms with Crippen LogP contribution < -0.4 is 4.74 Å². The molecule has 2 aromatic carbocycles. The van der Waals surface area contributed by atoms with Gasteiger partial charge in [0, 0.05) is 19.8 Å². The van der Waals surface area contributed by atoms with E-state index in [-0.39, 0.29) is 0 Å². The number of hydrogen-bond donors (Lipinski definition) is 0. The smallest absolute Gasteiger partial charge is 0.151 e. The van der Waals surface area contributed by atoms with E-state index in [2.05, 4.69) is 15.9 Å². The molecular weight excluding hydrogens is 312 g/mol. The van der Waals surface area contributed by atoms with E-state index in [1.54, 1.807) is 24.9 Å². The molecule has 0 aliphatic carbocycles. The van der Waals surface area contributed by atoms with Crippen LogP contribution in [0.15, 0.2) is 56.7 Å². The van der Waals surface area contributed by atoms with Gasteiger partial charge in [-0.05, 0) is 36.4 Å². The van der Waals surface area contributed by atoms with E-state index >= 15 is 0 Å². The van der Waals surface area contributed by atoms with Gasteiger partial charge in [0.05, 0.1) is 7.11 Å². The fourth-order valence-corrected chi connectivity index (χ4v) is 3.00. The molecule has 4 heteroatoms. The van der Waals surface area contributed by atoms with Gasteiger partial charge in [-0.1, -0.05) is 33.8 Å². The fraction of sp³-hybridized carbons (Fsp3) is 0.0714. The third kappa shape index (κ3) is 3.15. The van der Waals surface area contributed by atoms with Gasteiger partial charge in [-0.2, -0.15) is 0 Å². The van der Waals surface area contributed by atoms with Crippen molar-refractivity contribution in [1.82, 2.24) is 0 Å². The minimum absolute atomic E-state index is 0.657. The van der Waals surface area contributed by atoms with Crippen molar-refractivity contribution in [3.63, 3.8) is 0 Å². The monoisotopic (exact) mass is 322 g/mol. The molecule has 0 saturated heterocycles. The molecule has 2 rings (SSSR count). The molecule has 0 unspecified atom stereocenters. The molecule has 18 heavy (non-hydrogen) atoms. The van der Waals surface area contributed by atoms with Crippen LogP contribution in [0.4, 0.5) is 0 Å². The van der Waals surface area contributed by atoms with Crippen LogP contribution in [0.25, 0.3) is 0 Å². The normalized spacial score (nSPS) is 10.1. The lowest BCUT2D eigenvalue weighted by molar-refractivity contribution is 0.112. The summed E-state index contributed by atoms with van der Waals surface area (Å²) in [5, 5.41) is 0. The van der Waals surface area contributed by atoms with Crippen LogP contribution in [0, 0.1) is 0 Å². The number of benzene rings is 2. The van der Waals surface area contributed by atoms with E-state index in [9.17, 15) is 4.79 Å². The Morgan fingerprint density at radius 2 is 1.94 bits per heavy atom. The zero-order chi connectivity index (χ0) is 13.0. The van der Waals surface area contributed by atoms with E-state index in [1.165, 1.54) is 0 Å². The third-order valence-corrected chi connectivity index (χ3v) is 4.04. The highest BCUT2D eigenvalue weighted by atomic mass is 79.9. The molecule has 0 aromatic heterocycles. The zero-order valence-electron chi connectivity index (χ0n) is 9.72. The number of aldehydes is 1. The second kappa shape index (κ2) is 6.07. The van der Waals surface area contributed by atoms with Crippen molar-refractivity contribution < 1.29 is 9.53 Å². The number of halogens is 1. The molecule has 2 aromatic rings. The zero-order valence-corrected chi connectivity index (χ0v) is 12.1. The van der Waals surface area contributed by atoms with Crippen LogP contribution in [0.1, 0.15) is 10.4 Å². The van der Waals surface area contributed by atoms with E-state index in [0.717, 1.165) is 26.3 Å². The molecular formula is C14H11BrO2S. The highest BCUT2D eigenvalue weighted by Gasteiger charge is 2.03. The lowest BCUT2D eigenvalue weighted by Crippen LogP contribution is -1.84. The number of rotatable bonds is 4. The van der Waals surface area contributed by atoms with Crippen LogP contribution in [-0.4, -0.2) is 13.4 Å². The highest BCUT2D eigenvalue weighted by molar-refractivity contribution is 9.10. The average Bonchev–Trinajstić information content (AvgIpc) is 2.39. The molecule has 0 atom stereocenters. The second-order valence-corrected chi connectivity index (χ2v) is 5.58. The van der Waals surface area contributed by atoms with Crippen molar-refractivity contribution in [3.05, 3.63) is 52.5 Å². The number of ether oxygens (including phenoxy) is 1. The first-order chi connectivity index (χ1) is 8.72. The maximum atomic E-state index is 10.7. The number of methoxy groups -OCH3 is 1. The quantitative estimate of drug-likeness (QED) is 0.779. The van der Waals surface area contributed by atoms with E-state index < -0.39 is 0 Å². The van der Waals surface area contributed by atoms with Crippen molar-refractivity contribution in [2.24, 2.45) is 0 Å². The lowest BCUT2D eigenvalue weighted by Gasteiger charge is -2.05. The van der Waals surface area contributed by atoms with Crippen molar-refractivity contribution in [2.75, 3.05) is 7.11 Å². The Balaban J connectivity index is 2.22. The molecule has 2 nitrogen and oxygen atoms in total. The van der Waals surface area contributed by atoms with Gasteiger partial charge in [0.15, 0.2) is 6.29 Å². The van der Waals surface area contributed by atoms with E-state index in [0.29, 0.717) is 5.56 Å². The summed E-state index contributed by atoms with van der Waals surface area (Å²) in [4.78, 5) is 12.9. The van der Waals surface area contributed by atoms with Gasteiger partial charge in [-0.3, -0.25) is 4.79 Å². The molecule has 0 amide bonds. The van der Waals surface area contributed by atoms with E-state index in [4.69, 9.17) is 4.74 Å². The molecule has 0 aliphatic rings. The first-order valence-electron chi connectivity index (χ1n) is 5.29. The molecule has 92 valence electrons. The Morgan fingerprint density at radius 3 is 2.61 bits per heavy atom. The maximum Gasteiger partial charge on any atom is 0.151 e. The van der Waals surface area contributed by atoms with Crippen LogP contribution in [-0.2, 0) is 0 Å². The second-order valence-electron chi connectivity index (χ2n) is 3.58. The summed E-state index contributed by atoms with van der Waals surface area (Å²) in [6.07, 6.45) is 0.837. The van der Waals surface area contributed by atoms with Gasteiger partial charge in [-0.15, -0.1) is 0 Å². The summed E-state index contributed by atoms with van der Waals surface area (Å²) < 4.78 is 5.99. The first kappa shape index (κ1) is 13.2. The summed E-state index contributed by atoms with van der Waals surface area (Å²) in [6, 6.07) is 13.5. The van der Waals surface area contributed by atoms with Crippen molar-refractivity contribution in [1.29, 1.82) is 0 Å². The maximum absolute atomic E-state index is 10.7. The van der Waals surface area contributed by atoms with Gasteiger partial charge in [-0.25, -0.2) is 0 Å². The van der Waals surface area contributed by atoms with Crippen molar-refractivity contribution in [2.45, 2.75) is 9.79 Å². The molecule has 0 fully saturated rings. The SMILES string of the molecule is COc1cccc(Sc2ccc(C=O)c(Br)c2)c1. The lowest BCUT2D eigenvalue weighted by atomic mass is 10.2. The predicted octanol–water partition coefficient (Wildman–Crippen LogP) is 4.42. The average molecular weight is 323 g/mol. The highest BCUT2D eigenvalue weighted by Crippen LogP contribution is 2.32. The number of carbonyl (C=O) groups is 1. The Hall–Kier alpha value is -1.26. The van der Waals surface area contributed by atoms with Gasteiger partial charge in [0.25, 0.3) is 0 Å². The number of carbonyl (C=O) groups excluding carboxylic acids is 1. The molecule has 0 spiro atoms. The summed E-state index contributed by atoms with van der Waals surface area (Å²) in [5.74, 6) is 0.837. The van der Waals surface area contributed by atoms with Crippen LogP contribution in [0.5, 0.6) is 5.75 Å². The topological polar surface area (TPSA) is 26.3 Å². The molecule has 0 heterocycles. The Labute approximate surface area is 118 Å². The molecule has 0 saturated carbocycles. The first-order valence-corrected chi connectivity index (χ1v) is 6.90. The van der Waals surface area contributed by atoms with Crippen LogP contribution in [0.2, 0.25) is 0 Å². The Bertz CT molecular complexity index is 569. The van der Waals surface area contributed by atoms with Crippen molar-refractivity contribution >= 4 is 34.0 Å². The van der Waals surface area contributed by atoms with Gasteiger partial charge in [0.2, 0.25) is 0 Å². The molecule has 0 aliphatic heterocycles. The fourth-order valence-electron chi connectivity index (χ4n) is 1.47. The van der Waals surface area contributed by atoms with Crippen LogP contribution in [0.3, 0.4) is 0 Å². The Kier molecular flexibility index (Phi) is 4.44. The Morgan fingerprint density at radius 1 is 1.17 bits per heavy atom. The van der Waals surface area contributed by atoms with Gasteiger partial charge in [0.1, 0.15) is 5.75 Å². The van der Waals surface area contributed by atoms with Gasteiger partial charge < -0.3 is 4.74 Å². The van der Waals surface area contributed by atoms with Crippen molar-refractivity contribution in [3.8, 4) is 5.75 Å². The number of hydrogen-bond acceptors (Lipinski definition) is 3. The third-order valence-electron chi connectivity index (χ3n) is 2.38. The minimum atomic E-state index is 0.657. The van der Waals surface area contributed by atoms with Crippen LogP contribution >= 0.6 is 27.7 Å². The largest absolute Gasteiger partial charge is 0.497 e. The molecule has 0 radical (unpaired) electrons. The summed E-state index contributed by atoms with van der Waals surface area (Å²) in [6.45, 7) is 0. The minimum Gasteiger partial charge on any atom is -0.497 e. The predicted molar refractivity (Wildman–Crippen MR) is 76.6 cm³/mol. The standard InChI is InChI=1S/C14H11BrO2S/c1-17-11-3-2-4-12(7-11)18-13-6-5-10(9-16)14(15)8-13/h2-9H,1H3. The summed E-state index contributed by atoms with van der Waals surface area (Å²) >= 11 is 5.00. The van der Waals surface area contributed by atoms with Gasteiger partial charge >= 0.3 is 0 Å². The van der Waals surface area contributed by atoms with E-state index in [1.807, 2.05) is 36.4 Å². The molecule has 0 N–H and O–H groups in total. The summed E-state index contributed by atoms with van der Waals surface area (Å²) in [5.41, 5.74) is 0.657. The molecule has 0 bridgehead atoms.